The number of carbonyl (C=O) groups is 1. The largest absolute Gasteiger partial charge is 0.481 e. The minimum absolute atomic E-state index is 0.0564. The van der Waals surface area contributed by atoms with Gasteiger partial charge in [-0.15, -0.1) is 0 Å². The van der Waals surface area contributed by atoms with Gasteiger partial charge in [-0.3, -0.25) is 4.79 Å². The highest BCUT2D eigenvalue weighted by atomic mass is 16.5. The molecule has 0 bridgehead atoms. The molecule has 0 radical (unpaired) electrons. The van der Waals surface area contributed by atoms with E-state index in [-0.39, 0.29) is 5.91 Å². The summed E-state index contributed by atoms with van der Waals surface area (Å²) >= 11 is 0. The van der Waals surface area contributed by atoms with Gasteiger partial charge in [-0.05, 0) is 60.9 Å². The van der Waals surface area contributed by atoms with Crippen LogP contribution in [0.15, 0.2) is 48.5 Å². The Hall–Kier alpha value is -2.29. The number of rotatable bonds is 6. The molecule has 3 rings (SSSR count). The van der Waals surface area contributed by atoms with Crippen molar-refractivity contribution in [2.45, 2.75) is 51.7 Å². The minimum atomic E-state index is -0.449. The Morgan fingerprint density at radius 3 is 2.58 bits per heavy atom. The van der Waals surface area contributed by atoms with Crippen LogP contribution in [0.25, 0.3) is 0 Å². The molecule has 1 N–H and O–H groups in total. The van der Waals surface area contributed by atoms with Crippen molar-refractivity contribution in [3.8, 4) is 5.75 Å². The first-order chi connectivity index (χ1) is 11.8. The van der Waals surface area contributed by atoms with Gasteiger partial charge in [0.1, 0.15) is 5.75 Å². The first kappa shape index (κ1) is 16.6. The van der Waals surface area contributed by atoms with Gasteiger partial charge < -0.3 is 10.1 Å². The maximum atomic E-state index is 12.4. The van der Waals surface area contributed by atoms with Crippen LogP contribution in [0, 0.1) is 0 Å². The second kappa shape index (κ2) is 8.00. The maximum Gasteiger partial charge on any atom is 0.261 e. The smallest absolute Gasteiger partial charge is 0.261 e. The van der Waals surface area contributed by atoms with E-state index in [1.165, 1.54) is 24.0 Å². The molecular weight excluding hydrogens is 298 g/mol. The van der Waals surface area contributed by atoms with Crippen LogP contribution in [0.5, 0.6) is 5.75 Å². The van der Waals surface area contributed by atoms with E-state index in [4.69, 9.17) is 4.74 Å². The minimum Gasteiger partial charge on any atom is -0.481 e. The highest BCUT2D eigenvalue weighted by Crippen LogP contribution is 2.26. The average Bonchev–Trinajstić information content (AvgIpc) is 2.65. The molecule has 0 saturated heterocycles. The van der Waals surface area contributed by atoms with Crippen LogP contribution < -0.4 is 10.1 Å². The van der Waals surface area contributed by atoms with Gasteiger partial charge in [-0.25, -0.2) is 0 Å². The van der Waals surface area contributed by atoms with E-state index in [9.17, 15) is 4.79 Å². The van der Waals surface area contributed by atoms with Gasteiger partial charge in [-0.1, -0.05) is 43.3 Å². The Kier molecular flexibility index (Phi) is 5.52. The fourth-order valence-corrected chi connectivity index (χ4v) is 3.17. The summed E-state index contributed by atoms with van der Waals surface area (Å²) in [6.07, 6.45) is 4.99. The summed E-state index contributed by atoms with van der Waals surface area (Å²) in [4.78, 5) is 12.4. The van der Waals surface area contributed by atoms with E-state index in [0.717, 1.165) is 24.2 Å². The average molecular weight is 323 g/mol. The summed E-state index contributed by atoms with van der Waals surface area (Å²) in [6, 6.07) is 16.2. The predicted molar refractivity (Wildman–Crippen MR) is 96.1 cm³/mol. The third-order valence-corrected chi connectivity index (χ3v) is 4.57. The van der Waals surface area contributed by atoms with E-state index >= 15 is 0 Å². The fraction of sp³-hybridized carbons (Fsp3) is 0.381. The van der Waals surface area contributed by atoms with Gasteiger partial charge in [0.05, 0.1) is 0 Å². The van der Waals surface area contributed by atoms with Crippen LogP contribution in [-0.2, 0) is 24.2 Å². The van der Waals surface area contributed by atoms with Crippen molar-refractivity contribution in [3.63, 3.8) is 0 Å². The molecule has 0 fully saturated rings. The molecule has 0 heterocycles. The van der Waals surface area contributed by atoms with Crippen LogP contribution in [0.1, 0.15) is 42.9 Å². The maximum absolute atomic E-state index is 12.4. The monoisotopic (exact) mass is 323 g/mol. The molecule has 2 aromatic carbocycles. The highest BCUT2D eigenvalue weighted by Gasteiger charge is 2.19. The predicted octanol–water partition coefficient (Wildman–Crippen LogP) is 4.04. The van der Waals surface area contributed by atoms with Crippen LogP contribution in [0.3, 0.4) is 0 Å². The molecule has 3 heteroatoms. The molecule has 1 amide bonds. The van der Waals surface area contributed by atoms with E-state index in [1.807, 2.05) is 43.3 Å². The van der Waals surface area contributed by atoms with Gasteiger partial charge >= 0.3 is 0 Å². The second-order valence-electron chi connectivity index (χ2n) is 6.36. The van der Waals surface area contributed by atoms with Crippen LogP contribution in [0.4, 0.5) is 0 Å². The Balaban J connectivity index is 1.60. The molecule has 0 saturated carbocycles. The fourth-order valence-electron chi connectivity index (χ4n) is 3.17. The summed E-state index contributed by atoms with van der Waals surface area (Å²) < 4.78 is 5.97. The van der Waals surface area contributed by atoms with Gasteiger partial charge in [0.25, 0.3) is 5.91 Å². The number of nitrogens with one attached hydrogen (secondary N) is 1. The summed E-state index contributed by atoms with van der Waals surface area (Å²) in [5, 5.41) is 2.97. The summed E-state index contributed by atoms with van der Waals surface area (Å²) in [5.74, 6) is 0.747. The highest BCUT2D eigenvalue weighted by molar-refractivity contribution is 5.81. The molecule has 0 aliphatic heterocycles. The van der Waals surface area contributed by atoms with Crippen molar-refractivity contribution in [1.29, 1.82) is 0 Å². The molecule has 1 aliphatic rings. The standard InChI is InChI=1S/C21H25NO2/c1-2-20(21(23)22-15-16-8-4-3-5-9-16)24-19-13-12-17-10-6-7-11-18(17)14-19/h3-5,8-9,12-14,20H,2,6-7,10-11,15H2,1H3,(H,22,23)/t20-/m1/s1. The van der Waals surface area contributed by atoms with Crippen LogP contribution in [-0.4, -0.2) is 12.0 Å². The zero-order chi connectivity index (χ0) is 16.8. The summed E-state index contributed by atoms with van der Waals surface area (Å²) in [7, 11) is 0. The Labute approximate surface area is 144 Å². The molecule has 0 unspecified atom stereocenters. The third-order valence-electron chi connectivity index (χ3n) is 4.57. The van der Waals surface area contributed by atoms with E-state index in [0.29, 0.717) is 13.0 Å². The van der Waals surface area contributed by atoms with Gasteiger partial charge in [0, 0.05) is 6.54 Å². The molecule has 1 atom stereocenters. The molecule has 2 aromatic rings. The lowest BCUT2D eigenvalue weighted by Crippen LogP contribution is -2.37. The van der Waals surface area contributed by atoms with Crippen molar-refractivity contribution >= 4 is 5.91 Å². The number of hydrogen-bond acceptors (Lipinski definition) is 2. The number of aryl methyl sites for hydroxylation is 2. The van der Waals surface area contributed by atoms with Crippen LogP contribution in [0.2, 0.25) is 0 Å². The molecule has 0 spiro atoms. The molecular formula is C21H25NO2. The van der Waals surface area contributed by atoms with Crippen molar-refractivity contribution in [1.82, 2.24) is 5.32 Å². The van der Waals surface area contributed by atoms with E-state index < -0.39 is 6.10 Å². The van der Waals surface area contributed by atoms with Crippen molar-refractivity contribution in [2.24, 2.45) is 0 Å². The Bertz CT molecular complexity index is 681. The number of amides is 1. The zero-order valence-electron chi connectivity index (χ0n) is 14.3. The van der Waals surface area contributed by atoms with Gasteiger partial charge in [0.2, 0.25) is 0 Å². The van der Waals surface area contributed by atoms with Crippen molar-refractivity contribution in [3.05, 3.63) is 65.2 Å². The lowest BCUT2D eigenvalue weighted by atomic mass is 9.92. The lowest BCUT2D eigenvalue weighted by molar-refractivity contribution is -0.128. The summed E-state index contributed by atoms with van der Waals surface area (Å²) in [5.41, 5.74) is 3.89. The van der Waals surface area contributed by atoms with Crippen molar-refractivity contribution in [2.75, 3.05) is 0 Å². The van der Waals surface area contributed by atoms with E-state index in [1.54, 1.807) is 0 Å². The third kappa shape index (κ3) is 4.16. The second-order valence-corrected chi connectivity index (χ2v) is 6.36. The molecule has 0 aromatic heterocycles. The van der Waals surface area contributed by atoms with E-state index in [2.05, 4.69) is 17.4 Å². The zero-order valence-corrected chi connectivity index (χ0v) is 14.3. The SMILES string of the molecule is CC[C@@H](Oc1ccc2c(c1)CCCC2)C(=O)NCc1ccccc1. The lowest BCUT2D eigenvalue weighted by Gasteiger charge is -2.20. The molecule has 24 heavy (non-hydrogen) atoms. The first-order valence-corrected chi connectivity index (χ1v) is 8.86. The molecule has 1 aliphatic carbocycles. The normalized spacial score (nSPS) is 14.5. The van der Waals surface area contributed by atoms with Gasteiger partial charge in [0.15, 0.2) is 6.10 Å². The number of benzene rings is 2. The molecule has 126 valence electrons. The van der Waals surface area contributed by atoms with Crippen molar-refractivity contribution < 1.29 is 9.53 Å². The number of fused-ring (bicyclic) bond motifs is 1. The topological polar surface area (TPSA) is 38.3 Å². The Morgan fingerprint density at radius 2 is 1.83 bits per heavy atom. The summed E-state index contributed by atoms with van der Waals surface area (Å²) in [6.45, 7) is 2.51. The number of hydrogen-bond donors (Lipinski definition) is 1. The Morgan fingerprint density at radius 1 is 1.08 bits per heavy atom. The first-order valence-electron chi connectivity index (χ1n) is 8.86. The van der Waals surface area contributed by atoms with Crippen LogP contribution >= 0.6 is 0 Å². The molecule has 3 nitrogen and oxygen atoms in total. The quantitative estimate of drug-likeness (QED) is 0.871. The number of carbonyl (C=O) groups excluding carboxylic acids is 1. The van der Waals surface area contributed by atoms with Gasteiger partial charge in [-0.2, -0.15) is 0 Å². The number of ether oxygens (including phenoxy) is 1.